The molecule has 0 aromatic heterocycles. The Hall–Kier alpha value is -2.39. The average molecular weight is 571 g/mol. The van der Waals surface area contributed by atoms with Crippen molar-refractivity contribution in [3.63, 3.8) is 0 Å². The molecule has 3 aliphatic rings. The van der Waals surface area contributed by atoms with Gasteiger partial charge >= 0.3 is 39.2 Å². The van der Waals surface area contributed by atoms with Gasteiger partial charge < -0.3 is 23.7 Å². The van der Waals surface area contributed by atoms with E-state index in [9.17, 15) is 36.4 Å². The molecular weight excluding hydrogens is 538 g/mol. The molecule has 2 saturated carbocycles. The highest BCUT2D eigenvalue weighted by Crippen LogP contribution is 2.59. The van der Waals surface area contributed by atoms with E-state index in [4.69, 9.17) is 23.5 Å². The van der Waals surface area contributed by atoms with Crippen LogP contribution in [0.4, 0.5) is 8.78 Å². The third-order valence-electron chi connectivity index (χ3n) is 7.01. The molecule has 0 aromatic rings. The second-order valence-corrected chi connectivity index (χ2v) is 11.6. The molecule has 0 spiro atoms. The number of hydrogen-bond acceptors (Lipinski definition) is 11. The van der Waals surface area contributed by atoms with E-state index in [1.54, 1.807) is 0 Å². The van der Waals surface area contributed by atoms with Crippen molar-refractivity contribution in [3.8, 4) is 0 Å². The molecule has 0 aromatic carbocycles. The van der Waals surface area contributed by atoms with Crippen LogP contribution in [-0.2, 0) is 53.0 Å². The standard InChI is InChI=1S/C23H32F2O12S/c1-5-8-33-22(10(2)3)37-21(29)17-12-9-13-16(17)20(28)36-19(13)18(12)35-15(27)7-6-14(26)34-11(4)23(24,25)38(30,31)32/h10-13,16-19,22H,5-9H2,1-4H3,(H,30,31,32). The summed E-state index contributed by atoms with van der Waals surface area (Å²) in [6, 6.07) is 0. The zero-order valence-corrected chi connectivity index (χ0v) is 22.2. The fourth-order valence-electron chi connectivity index (χ4n) is 5.21. The van der Waals surface area contributed by atoms with E-state index in [1.807, 2.05) is 20.8 Å². The number of ether oxygens (including phenoxy) is 5. The molecule has 8 atom stereocenters. The molecule has 1 aliphatic heterocycles. The Morgan fingerprint density at radius 2 is 1.74 bits per heavy atom. The molecule has 12 nitrogen and oxygen atoms in total. The highest BCUT2D eigenvalue weighted by atomic mass is 32.2. The lowest BCUT2D eigenvalue weighted by Gasteiger charge is -2.31. The van der Waals surface area contributed by atoms with Gasteiger partial charge in [-0.3, -0.25) is 23.7 Å². The van der Waals surface area contributed by atoms with Crippen molar-refractivity contribution in [2.75, 3.05) is 6.61 Å². The molecule has 2 bridgehead atoms. The van der Waals surface area contributed by atoms with Crippen molar-refractivity contribution in [1.29, 1.82) is 0 Å². The van der Waals surface area contributed by atoms with Crippen LogP contribution in [0.5, 0.6) is 0 Å². The van der Waals surface area contributed by atoms with Crippen molar-refractivity contribution >= 4 is 34.0 Å². The lowest BCUT2D eigenvalue weighted by atomic mass is 9.78. The van der Waals surface area contributed by atoms with Gasteiger partial charge in [0.1, 0.15) is 12.2 Å². The van der Waals surface area contributed by atoms with Crippen molar-refractivity contribution in [1.82, 2.24) is 0 Å². The van der Waals surface area contributed by atoms with Gasteiger partial charge in [-0.05, 0) is 19.8 Å². The molecule has 8 unspecified atom stereocenters. The van der Waals surface area contributed by atoms with Crippen LogP contribution in [0.1, 0.15) is 53.4 Å². The highest BCUT2D eigenvalue weighted by Gasteiger charge is 2.70. The molecule has 38 heavy (non-hydrogen) atoms. The largest absolute Gasteiger partial charge is 0.458 e. The normalized spacial score (nSPS) is 29.6. The van der Waals surface area contributed by atoms with Crippen LogP contribution in [0.2, 0.25) is 0 Å². The van der Waals surface area contributed by atoms with Gasteiger partial charge in [-0.1, -0.05) is 20.8 Å². The summed E-state index contributed by atoms with van der Waals surface area (Å²) in [5.74, 6) is -6.23. The minimum absolute atomic E-state index is 0.152. The lowest BCUT2D eigenvalue weighted by molar-refractivity contribution is -0.198. The van der Waals surface area contributed by atoms with Gasteiger partial charge in [-0.25, -0.2) is 0 Å². The number of hydrogen-bond donors (Lipinski definition) is 1. The maximum Gasteiger partial charge on any atom is 0.405 e. The first-order valence-corrected chi connectivity index (χ1v) is 13.8. The SMILES string of the molecule is CCCOC(OC(=O)C1C2CC3C(OC(=O)C31)C2OC(=O)CCC(=O)OC(C)C(F)(F)S(=O)(=O)O)C(C)C. The summed E-state index contributed by atoms with van der Waals surface area (Å²) in [5, 5.41) is -4.74. The van der Waals surface area contributed by atoms with Gasteiger partial charge in [0.15, 0.2) is 6.10 Å². The number of carbonyl (C=O) groups is 4. The minimum Gasteiger partial charge on any atom is -0.458 e. The Balaban J connectivity index is 1.60. The molecule has 1 heterocycles. The van der Waals surface area contributed by atoms with Gasteiger partial charge in [0.05, 0.1) is 31.3 Å². The van der Waals surface area contributed by atoms with E-state index in [0.29, 0.717) is 26.4 Å². The number of alkyl halides is 2. The van der Waals surface area contributed by atoms with Crippen LogP contribution in [0.3, 0.4) is 0 Å². The average Bonchev–Trinajstić information content (AvgIpc) is 3.43. The number of fused-ring (bicyclic) bond motifs is 1. The zero-order chi connectivity index (χ0) is 28.6. The fraction of sp³-hybridized carbons (Fsp3) is 0.826. The summed E-state index contributed by atoms with van der Waals surface area (Å²) < 4.78 is 83.6. The van der Waals surface area contributed by atoms with Crippen LogP contribution in [0.15, 0.2) is 0 Å². The second-order valence-electron chi connectivity index (χ2n) is 10.1. The van der Waals surface area contributed by atoms with Crippen molar-refractivity contribution < 1.29 is 64.6 Å². The Bertz CT molecular complexity index is 1040. The first-order chi connectivity index (χ1) is 17.6. The van der Waals surface area contributed by atoms with Crippen molar-refractivity contribution in [2.24, 2.45) is 29.6 Å². The zero-order valence-electron chi connectivity index (χ0n) is 21.3. The third kappa shape index (κ3) is 5.93. The summed E-state index contributed by atoms with van der Waals surface area (Å²) in [6.45, 7) is 6.47. The first-order valence-electron chi connectivity index (χ1n) is 12.4. The van der Waals surface area contributed by atoms with Crippen molar-refractivity contribution in [2.45, 2.75) is 83.2 Å². The number of esters is 4. The monoisotopic (exact) mass is 570 g/mol. The van der Waals surface area contributed by atoms with Crippen LogP contribution >= 0.6 is 0 Å². The maximum atomic E-state index is 13.6. The molecule has 0 amide bonds. The maximum absolute atomic E-state index is 13.6. The van der Waals surface area contributed by atoms with E-state index in [0.717, 1.165) is 0 Å². The Labute approximate surface area is 218 Å². The van der Waals surface area contributed by atoms with Crippen molar-refractivity contribution in [3.05, 3.63) is 0 Å². The number of carbonyl (C=O) groups excluding carboxylic acids is 4. The predicted octanol–water partition coefficient (Wildman–Crippen LogP) is 1.85. The molecule has 3 rings (SSSR count). The lowest BCUT2D eigenvalue weighted by Crippen LogP contribution is -2.45. The van der Waals surface area contributed by atoms with Crippen LogP contribution in [-0.4, -0.2) is 73.3 Å². The summed E-state index contributed by atoms with van der Waals surface area (Å²) in [6.07, 6.45) is -5.32. The quantitative estimate of drug-likeness (QED) is 0.148. The smallest absolute Gasteiger partial charge is 0.405 e. The van der Waals surface area contributed by atoms with Crippen LogP contribution < -0.4 is 0 Å². The summed E-state index contributed by atoms with van der Waals surface area (Å²) in [5.41, 5.74) is 0. The van der Waals surface area contributed by atoms with E-state index in [1.165, 1.54) is 0 Å². The first kappa shape index (κ1) is 30.2. The molecule has 0 radical (unpaired) electrons. The summed E-state index contributed by atoms with van der Waals surface area (Å²) in [4.78, 5) is 49.9. The summed E-state index contributed by atoms with van der Waals surface area (Å²) in [7, 11) is -5.83. The number of rotatable bonds is 13. The minimum atomic E-state index is -5.83. The topological polar surface area (TPSA) is 169 Å². The Morgan fingerprint density at radius 1 is 1.11 bits per heavy atom. The second kappa shape index (κ2) is 11.4. The van der Waals surface area contributed by atoms with E-state index in [-0.39, 0.29) is 11.8 Å². The van der Waals surface area contributed by atoms with Gasteiger partial charge in [-0.15, -0.1) is 0 Å². The van der Waals surface area contributed by atoms with Gasteiger partial charge in [-0.2, -0.15) is 17.2 Å². The van der Waals surface area contributed by atoms with Gasteiger partial charge in [0.25, 0.3) is 0 Å². The van der Waals surface area contributed by atoms with E-state index >= 15 is 0 Å². The molecule has 3 fully saturated rings. The third-order valence-corrected chi connectivity index (χ3v) is 8.03. The molecule has 2 aliphatic carbocycles. The fourth-order valence-corrected chi connectivity index (χ4v) is 5.68. The molecule has 1 saturated heterocycles. The molecule has 216 valence electrons. The number of halogens is 2. The predicted molar refractivity (Wildman–Crippen MR) is 121 cm³/mol. The van der Waals surface area contributed by atoms with Crippen LogP contribution in [0, 0.1) is 29.6 Å². The van der Waals surface area contributed by atoms with Crippen LogP contribution in [0.25, 0.3) is 0 Å². The van der Waals surface area contributed by atoms with E-state index < -0.39 is 94.4 Å². The highest BCUT2D eigenvalue weighted by molar-refractivity contribution is 7.86. The molecular formula is C23H32F2O12S. The molecule has 15 heteroatoms. The van der Waals surface area contributed by atoms with E-state index in [2.05, 4.69) is 4.74 Å². The summed E-state index contributed by atoms with van der Waals surface area (Å²) >= 11 is 0. The van der Waals surface area contributed by atoms with Gasteiger partial charge in [0.2, 0.25) is 6.29 Å². The Morgan fingerprint density at radius 3 is 2.32 bits per heavy atom. The van der Waals surface area contributed by atoms with Gasteiger partial charge in [0, 0.05) is 17.8 Å². The Kier molecular flexibility index (Phi) is 9.03. The molecule has 1 N–H and O–H groups in total.